The number of hydrogen-bond donors (Lipinski definition) is 2. The standard InChI is InChI=1S/C13H16O3/c1-16-12-8-3-2-5-9(12)10-6-4-7-11(14)13(10)15/h2-3,5-6,8,11,13-15H,4,7H2,1H3/t11-,13+/m0/s1. The van der Waals surface area contributed by atoms with Crippen LogP contribution in [0, 0.1) is 0 Å². The van der Waals surface area contributed by atoms with Crippen LogP contribution in [-0.4, -0.2) is 29.5 Å². The summed E-state index contributed by atoms with van der Waals surface area (Å²) in [6.07, 6.45) is 1.87. The summed E-state index contributed by atoms with van der Waals surface area (Å²) in [5, 5.41) is 19.6. The SMILES string of the molecule is COc1ccccc1C1=CCC[C@H](O)[C@@H]1O. The topological polar surface area (TPSA) is 49.7 Å². The molecule has 1 aromatic carbocycles. The zero-order chi connectivity index (χ0) is 11.5. The van der Waals surface area contributed by atoms with E-state index in [9.17, 15) is 10.2 Å². The fourth-order valence-corrected chi connectivity index (χ4v) is 2.05. The van der Waals surface area contributed by atoms with Gasteiger partial charge in [-0.05, 0) is 24.5 Å². The average Bonchev–Trinajstić information content (AvgIpc) is 2.33. The fourth-order valence-electron chi connectivity index (χ4n) is 2.05. The van der Waals surface area contributed by atoms with E-state index in [4.69, 9.17) is 4.74 Å². The Balaban J connectivity index is 2.40. The number of allylic oxidation sites excluding steroid dienone is 1. The molecule has 0 saturated heterocycles. The predicted molar refractivity (Wildman–Crippen MR) is 62.2 cm³/mol. The molecule has 0 heterocycles. The highest BCUT2D eigenvalue weighted by molar-refractivity contribution is 5.74. The van der Waals surface area contributed by atoms with Crippen LogP contribution < -0.4 is 4.74 Å². The molecule has 1 aromatic rings. The Bertz CT molecular complexity index is 398. The van der Waals surface area contributed by atoms with Gasteiger partial charge in [0.05, 0.1) is 13.2 Å². The van der Waals surface area contributed by atoms with Gasteiger partial charge in [-0.1, -0.05) is 24.3 Å². The lowest BCUT2D eigenvalue weighted by Crippen LogP contribution is -2.29. The van der Waals surface area contributed by atoms with Gasteiger partial charge in [0, 0.05) is 5.56 Å². The first-order valence-electron chi connectivity index (χ1n) is 5.43. The van der Waals surface area contributed by atoms with Gasteiger partial charge >= 0.3 is 0 Å². The number of para-hydroxylation sites is 1. The zero-order valence-electron chi connectivity index (χ0n) is 9.26. The third-order valence-electron chi connectivity index (χ3n) is 2.93. The van der Waals surface area contributed by atoms with Crippen LogP contribution in [0.2, 0.25) is 0 Å². The third kappa shape index (κ3) is 1.96. The molecule has 1 aliphatic carbocycles. The van der Waals surface area contributed by atoms with E-state index in [-0.39, 0.29) is 0 Å². The Morgan fingerprint density at radius 2 is 2.00 bits per heavy atom. The fraction of sp³-hybridized carbons (Fsp3) is 0.385. The Morgan fingerprint density at radius 3 is 2.75 bits per heavy atom. The van der Waals surface area contributed by atoms with Gasteiger partial charge in [-0.3, -0.25) is 0 Å². The Morgan fingerprint density at radius 1 is 1.25 bits per heavy atom. The van der Waals surface area contributed by atoms with E-state index in [1.54, 1.807) is 7.11 Å². The van der Waals surface area contributed by atoms with E-state index < -0.39 is 12.2 Å². The second kappa shape index (κ2) is 4.68. The van der Waals surface area contributed by atoms with Crippen LogP contribution in [-0.2, 0) is 0 Å². The molecule has 2 atom stereocenters. The van der Waals surface area contributed by atoms with E-state index in [0.717, 1.165) is 23.3 Å². The Kier molecular flexibility index (Phi) is 3.27. The van der Waals surface area contributed by atoms with Crippen molar-refractivity contribution in [3.63, 3.8) is 0 Å². The van der Waals surface area contributed by atoms with Crippen LogP contribution in [0.4, 0.5) is 0 Å². The van der Waals surface area contributed by atoms with Crippen LogP contribution in [0.15, 0.2) is 30.3 Å². The minimum absolute atomic E-state index is 0.611. The van der Waals surface area contributed by atoms with E-state index in [1.807, 2.05) is 30.3 Å². The molecule has 0 bridgehead atoms. The first-order valence-corrected chi connectivity index (χ1v) is 5.43. The number of aliphatic hydroxyl groups is 2. The van der Waals surface area contributed by atoms with E-state index >= 15 is 0 Å². The van der Waals surface area contributed by atoms with Gasteiger partial charge < -0.3 is 14.9 Å². The third-order valence-corrected chi connectivity index (χ3v) is 2.93. The monoisotopic (exact) mass is 220 g/mol. The molecule has 16 heavy (non-hydrogen) atoms. The molecule has 0 aromatic heterocycles. The van der Waals surface area contributed by atoms with Crippen molar-refractivity contribution < 1.29 is 14.9 Å². The lowest BCUT2D eigenvalue weighted by Gasteiger charge is -2.26. The maximum absolute atomic E-state index is 9.94. The zero-order valence-corrected chi connectivity index (χ0v) is 9.26. The molecule has 1 aliphatic rings. The van der Waals surface area contributed by atoms with Gasteiger partial charge in [-0.25, -0.2) is 0 Å². The van der Waals surface area contributed by atoms with Gasteiger partial charge in [-0.2, -0.15) is 0 Å². The molecule has 2 N–H and O–H groups in total. The highest BCUT2D eigenvalue weighted by Gasteiger charge is 2.26. The maximum Gasteiger partial charge on any atom is 0.126 e. The first kappa shape index (κ1) is 11.2. The minimum Gasteiger partial charge on any atom is -0.496 e. The van der Waals surface area contributed by atoms with Gasteiger partial charge in [0.2, 0.25) is 0 Å². The maximum atomic E-state index is 9.94. The second-order valence-corrected chi connectivity index (χ2v) is 3.95. The predicted octanol–water partition coefficient (Wildman–Crippen LogP) is 1.59. The molecule has 3 nitrogen and oxygen atoms in total. The summed E-state index contributed by atoms with van der Waals surface area (Å²) in [5.74, 6) is 0.724. The van der Waals surface area contributed by atoms with Crippen LogP contribution in [0.1, 0.15) is 18.4 Å². The summed E-state index contributed by atoms with van der Waals surface area (Å²) >= 11 is 0. The quantitative estimate of drug-likeness (QED) is 0.795. The van der Waals surface area contributed by atoms with E-state index in [0.29, 0.717) is 6.42 Å². The normalized spacial score (nSPS) is 25.1. The number of aliphatic hydroxyl groups excluding tert-OH is 2. The van der Waals surface area contributed by atoms with Crippen molar-refractivity contribution in [2.24, 2.45) is 0 Å². The highest BCUT2D eigenvalue weighted by Crippen LogP contribution is 2.33. The highest BCUT2D eigenvalue weighted by atomic mass is 16.5. The summed E-state index contributed by atoms with van der Waals surface area (Å²) in [4.78, 5) is 0. The van der Waals surface area contributed by atoms with Crippen molar-refractivity contribution in [1.29, 1.82) is 0 Å². The molecule has 2 rings (SSSR count). The van der Waals surface area contributed by atoms with E-state index in [2.05, 4.69) is 0 Å². The van der Waals surface area contributed by atoms with Crippen LogP contribution in [0.5, 0.6) is 5.75 Å². The van der Waals surface area contributed by atoms with E-state index in [1.165, 1.54) is 0 Å². The van der Waals surface area contributed by atoms with Crippen molar-refractivity contribution in [3.05, 3.63) is 35.9 Å². The number of methoxy groups -OCH3 is 1. The molecular formula is C13H16O3. The summed E-state index contributed by atoms with van der Waals surface area (Å²) < 4.78 is 5.25. The Labute approximate surface area is 95.0 Å². The largest absolute Gasteiger partial charge is 0.496 e. The minimum atomic E-state index is -0.815. The average molecular weight is 220 g/mol. The first-order chi connectivity index (χ1) is 7.74. The molecule has 86 valence electrons. The molecule has 3 heteroatoms. The summed E-state index contributed by atoms with van der Waals surface area (Å²) in [7, 11) is 1.60. The molecule has 0 radical (unpaired) electrons. The van der Waals surface area contributed by atoms with Gasteiger partial charge in [0.1, 0.15) is 11.9 Å². The second-order valence-electron chi connectivity index (χ2n) is 3.95. The van der Waals surface area contributed by atoms with Gasteiger partial charge in [0.25, 0.3) is 0 Å². The Hall–Kier alpha value is -1.32. The van der Waals surface area contributed by atoms with Crippen LogP contribution in [0.3, 0.4) is 0 Å². The van der Waals surface area contributed by atoms with Gasteiger partial charge in [-0.15, -0.1) is 0 Å². The van der Waals surface area contributed by atoms with Gasteiger partial charge in [0.15, 0.2) is 0 Å². The molecular weight excluding hydrogens is 204 g/mol. The van der Waals surface area contributed by atoms with Crippen LogP contribution in [0.25, 0.3) is 5.57 Å². The number of rotatable bonds is 2. The van der Waals surface area contributed by atoms with Crippen molar-refractivity contribution in [2.75, 3.05) is 7.11 Å². The van der Waals surface area contributed by atoms with Crippen molar-refractivity contribution in [1.82, 2.24) is 0 Å². The summed E-state index contributed by atoms with van der Waals surface area (Å²) in [6, 6.07) is 7.52. The molecule has 0 aliphatic heterocycles. The van der Waals surface area contributed by atoms with Crippen LogP contribution >= 0.6 is 0 Å². The molecule has 0 saturated carbocycles. The molecule has 0 spiro atoms. The summed E-state index contributed by atoms with van der Waals surface area (Å²) in [6.45, 7) is 0. The lowest BCUT2D eigenvalue weighted by atomic mass is 9.88. The smallest absolute Gasteiger partial charge is 0.126 e. The molecule has 0 fully saturated rings. The number of ether oxygens (including phenoxy) is 1. The number of hydrogen-bond acceptors (Lipinski definition) is 3. The lowest BCUT2D eigenvalue weighted by molar-refractivity contribution is 0.0452. The summed E-state index contributed by atoms with van der Waals surface area (Å²) in [5.41, 5.74) is 1.62. The van der Waals surface area contributed by atoms with Crippen molar-refractivity contribution in [2.45, 2.75) is 25.0 Å². The van der Waals surface area contributed by atoms with Crippen molar-refractivity contribution >= 4 is 5.57 Å². The molecule has 0 amide bonds. The molecule has 0 unspecified atom stereocenters. The number of benzene rings is 1. The van der Waals surface area contributed by atoms with Crippen molar-refractivity contribution in [3.8, 4) is 5.75 Å².